The van der Waals surface area contributed by atoms with Gasteiger partial charge in [0.15, 0.2) is 0 Å². The maximum atomic E-state index is 5.74. The van der Waals surface area contributed by atoms with E-state index in [9.17, 15) is 0 Å². The summed E-state index contributed by atoms with van der Waals surface area (Å²) in [7, 11) is 0. The molecule has 0 spiro atoms. The van der Waals surface area contributed by atoms with Crippen LogP contribution in [0.1, 0.15) is 5.56 Å². The van der Waals surface area contributed by atoms with E-state index < -0.39 is 0 Å². The van der Waals surface area contributed by atoms with Gasteiger partial charge in [-0.3, -0.25) is 0 Å². The molecule has 60 valence electrons. The molecule has 0 atom stereocenters. The topological polar surface area (TPSA) is 9.23 Å². The van der Waals surface area contributed by atoms with Gasteiger partial charge in [0.25, 0.3) is 0 Å². The van der Waals surface area contributed by atoms with Gasteiger partial charge in [0.05, 0.1) is 6.61 Å². The van der Waals surface area contributed by atoms with Crippen LogP contribution < -0.4 is 0 Å². The Bertz CT molecular complexity index is 225. The van der Waals surface area contributed by atoms with Crippen LogP contribution >= 0.6 is 23.2 Å². The van der Waals surface area contributed by atoms with Crippen LogP contribution in [0, 0.1) is 0 Å². The lowest BCUT2D eigenvalue weighted by Crippen LogP contribution is -1.89. The monoisotopic (exact) mass is 190 g/mol. The molecular formula is C8H8Cl2O. The third-order valence-electron chi connectivity index (χ3n) is 1.23. The molecule has 0 aliphatic heterocycles. The molecule has 0 unspecified atom stereocenters. The fourth-order valence-corrected chi connectivity index (χ4v) is 1.07. The van der Waals surface area contributed by atoms with Crippen LogP contribution in [0.15, 0.2) is 24.3 Å². The highest BCUT2D eigenvalue weighted by atomic mass is 35.5. The summed E-state index contributed by atoms with van der Waals surface area (Å²) in [6.07, 6.45) is 0. The van der Waals surface area contributed by atoms with Crippen LogP contribution in [0.3, 0.4) is 0 Å². The number of halogens is 2. The fourth-order valence-electron chi connectivity index (χ4n) is 0.783. The maximum Gasteiger partial charge on any atom is 0.121 e. The van der Waals surface area contributed by atoms with Crippen molar-refractivity contribution in [1.29, 1.82) is 0 Å². The molecule has 0 saturated carbocycles. The molecule has 0 aliphatic rings. The molecule has 0 bridgehead atoms. The molecule has 3 heteroatoms. The van der Waals surface area contributed by atoms with Gasteiger partial charge in [-0.25, -0.2) is 0 Å². The smallest absolute Gasteiger partial charge is 0.121 e. The van der Waals surface area contributed by atoms with Gasteiger partial charge in [0.1, 0.15) is 6.07 Å². The molecule has 0 N–H and O–H groups in total. The van der Waals surface area contributed by atoms with Gasteiger partial charge in [-0.2, -0.15) is 0 Å². The normalized spacial score (nSPS) is 10.0. The van der Waals surface area contributed by atoms with Crippen LogP contribution in [0.5, 0.6) is 0 Å². The molecule has 0 saturated heterocycles. The van der Waals surface area contributed by atoms with Crippen molar-refractivity contribution < 1.29 is 4.74 Å². The Morgan fingerprint density at radius 3 is 2.82 bits per heavy atom. The highest BCUT2D eigenvalue weighted by Crippen LogP contribution is 2.11. The Morgan fingerprint density at radius 2 is 2.18 bits per heavy atom. The number of hydrogen-bond donors (Lipinski definition) is 0. The molecular weight excluding hydrogens is 183 g/mol. The zero-order chi connectivity index (χ0) is 8.10. The third kappa shape index (κ3) is 3.10. The Labute approximate surface area is 75.9 Å². The summed E-state index contributed by atoms with van der Waals surface area (Å²) in [5, 5.41) is 0.723. The average Bonchev–Trinajstić information content (AvgIpc) is 2.01. The Kier molecular flexibility index (Phi) is 3.70. The SMILES string of the molecule is ClCOCc1cccc(Cl)c1. The van der Waals surface area contributed by atoms with Gasteiger partial charge in [-0.1, -0.05) is 35.3 Å². The first-order valence-electron chi connectivity index (χ1n) is 3.21. The van der Waals surface area contributed by atoms with E-state index in [1.807, 2.05) is 24.3 Å². The minimum absolute atomic E-state index is 0.215. The molecule has 1 nitrogen and oxygen atoms in total. The predicted octanol–water partition coefficient (Wildman–Crippen LogP) is 3.05. The summed E-state index contributed by atoms with van der Waals surface area (Å²) in [5.74, 6) is 0. The number of ether oxygens (including phenoxy) is 1. The standard InChI is InChI=1S/C8H8Cl2O/c9-6-11-5-7-2-1-3-8(10)4-7/h1-4H,5-6H2. The Balaban J connectivity index is 2.56. The van der Waals surface area contributed by atoms with Crippen LogP contribution in [0.25, 0.3) is 0 Å². The lowest BCUT2D eigenvalue weighted by atomic mass is 10.2. The maximum absolute atomic E-state index is 5.74. The molecule has 0 aromatic heterocycles. The summed E-state index contributed by atoms with van der Waals surface area (Å²) in [6.45, 7) is 0.518. The lowest BCUT2D eigenvalue weighted by Gasteiger charge is -1.99. The van der Waals surface area contributed by atoms with Crippen molar-refractivity contribution in [3.63, 3.8) is 0 Å². The average molecular weight is 191 g/mol. The van der Waals surface area contributed by atoms with Gasteiger partial charge in [-0.15, -0.1) is 0 Å². The van der Waals surface area contributed by atoms with E-state index in [0.29, 0.717) is 6.61 Å². The predicted molar refractivity (Wildman–Crippen MR) is 47.0 cm³/mol. The van der Waals surface area contributed by atoms with Gasteiger partial charge in [0.2, 0.25) is 0 Å². The van der Waals surface area contributed by atoms with Crippen LogP contribution in [-0.2, 0) is 11.3 Å². The number of alkyl halides is 1. The molecule has 0 amide bonds. The molecule has 0 radical (unpaired) electrons. The van der Waals surface area contributed by atoms with E-state index in [1.165, 1.54) is 0 Å². The minimum Gasteiger partial charge on any atom is -0.361 e. The zero-order valence-electron chi connectivity index (χ0n) is 5.89. The zero-order valence-corrected chi connectivity index (χ0v) is 7.40. The highest BCUT2D eigenvalue weighted by Gasteiger charge is 1.92. The molecule has 1 rings (SSSR count). The van der Waals surface area contributed by atoms with Gasteiger partial charge in [0, 0.05) is 5.02 Å². The number of benzene rings is 1. The second kappa shape index (κ2) is 4.60. The Morgan fingerprint density at radius 1 is 1.36 bits per heavy atom. The second-order valence-corrected chi connectivity index (χ2v) is 2.74. The van der Waals surface area contributed by atoms with Crippen molar-refractivity contribution in [3.05, 3.63) is 34.9 Å². The first-order valence-corrected chi connectivity index (χ1v) is 4.12. The van der Waals surface area contributed by atoms with E-state index in [1.54, 1.807) is 0 Å². The molecule has 0 fully saturated rings. The van der Waals surface area contributed by atoms with E-state index in [-0.39, 0.29) is 6.07 Å². The first kappa shape index (κ1) is 8.85. The minimum atomic E-state index is 0.215. The molecule has 0 aliphatic carbocycles. The van der Waals surface area contributed by atoms with Crippen LogP contribution in [0.2, 0.25) is 5.02 Å². The van der Waals surface area contributed by atoms with E-state index >= 15 is 0 Å². The molecule has 0 heterocycles. The molecule has 1 aromatic rings. The van der Waals surface area contributed by atoms with Crippen molar-refractivity contribution in [2.75, 3.05) is 6.07 Å². The van der Waals surface area contributed by atoms with Crippen LogP contribution in [0.4, 0.5) is 0 Å². The van der Waals surface area contributed by atoms with Crippen molar-refractivity contribution in [1.82, 2.24) is 0 Å². The fraction of sp³-hybridized carbons (Fsp3) is 0.250. The lowest BCUT2D eigenvalue weighted by molar-refractivity contribution is 0.165. The van der Waals surface area contributed by atoms with E-state index in [2.05, 4.69) is 0 Å². The number of hydrogen-bond acceptors (Lipinski definition) is 1. The summed E-state index contributed by atoms with van der Waals surface area (Å²) >= 11 is 11.1. The molecule has 1 aromatic carbocycles. The van der Waals surface area contributed by atoms with E-state index in [4.69, 9.17) is 27.9 Å². The quantitative estimate of drug-likeness (QED) is 0.667. The van der Waals surface area contributed by atoms with Crippen molar-refractivity contribution in [2.24, 2.45) is 0 Å². The summed E-state index contributed by atoms with van der Waals surface area (Å²) in [5.41, 5.74) is 1.04. The van der Waals surface area contributed by atoms with Gasteiger partial charge < -0.3 is 4.74 Å². The molecule has 11 heavy (non-hydrogen) atoms. The third-order valence-corrected chi connectivity index (χ3v) is 1.62. The number of rotatable bonds is 3. The van der Waals surface area contributed by atoms with Gasteiger partial charge >= 0.3 is 0 Å². The van der Waals surface area contributed by atoms with Gasteiger partial charge in [-0.05, 0) is 17.7 Å². The van der Waals surface area contributed by atoms with Crippen molar-refractivity contribution in [3.8, 4) is 0 Å². The van der Waals surface area contributed by atoms with E-state index in [0.717, 1.165) is 10.6 Å². The second-order valence-electron chi connectivity index (χ2n) is 2.09. The summed E-state index contributed by atoms with van der Waals surface area (Å²) < 4.78 is 4.98. The van der Waals surface area contributed by atoms with Crippen molar-refractivity contribution in [2.45, 2.75) is 6.61 Å². The van der Waals surface area contributed by atoms with Crippen molar-refractivity contribution >= 4 is 23.2 Å². The highest BCUT2D eigenvalue weighted by molar-refractivity contribution is 6.30. The Hall–Kier alpha value is -0.240. The van der Waals surface area contributed by atoms with Crippen LogP contribution in [-0.4, -0.2) is 6.07 Å². The summed E-state index contributed by atoms with van der Waals surface area (Å²) in [4.78, 5) is 0. The summed E-state index contributed by atoms with van der Waals surface area (Å²) in [6, 6.07) is 7.72. The largest absolute Gasteiger partial charge is 0.361 e. The first-order chi connectivity index (χ1) is 5.33.